The smallest absolute Gasteiger partial charge is 0.352 e. The van der Waals surface area contributed by atoms with Gasteiger partial charge >= 0.3 is 6.18 Å². The lowest BCUT2D eigenvalue weighted by molar-refractivity contribution is -0.137. The van der Waals surface area contributed by atoms with Crippen LogP contribution < -0.4 is 16.0 Å². The molecule has 7 nitrogen and oxygen atoms in total. The van der Waals surface area contributed by atoms with Crippen LogP contribution in [-0.4, -0.2) is 28.7 Å². The van der Waals surface area contributed by atoms with Crippen LogP contribution in [0, 0.1) is 0 Å². The number of guanidine groups is 1. The van der Waals surface area contributed by atoms with E-state index in [0.29, 0.717) is 23.8 Å². The van der Waals surface area contributed by atoms with E-state index in [2.05, 4.69) is 26.0 Å². The Morgan fingerprint density at radius 3 is 2.30 bits per heavy atom. The summed E-state index contributed by atoms with van der Waals surface area (Å²) in [7, 11) is 1.58. The molecule has 0 unspecified atom stereocenters. The molecule has 176 valence electrons. The number of nitrogens with zero attached hydrogens (tertiary/aromatic N) is 3. The quantitative estimate of drug-likeness (QED) is 0.227. The maximum Gasteiger partial charge on any atom is 0.416 e. The van der Waals surface area contributed by atoms with Gasteiger partial charge in [0, 0.05) is 38.2 Å². The maximum absolute atomic E-state index is 12.9. The number of aliphatic imine (C=N–C) groups is 1. The van der Waals surface area contributed by atoms with E-state index >= 15 is 0 Å². The predicted octanol–water partition coefficient (Wildman–Crippen LogP) is 4.02. The zero-order chi connectivity index (χ0) is 23.0. The third-order valence-electron chi connectivity index (χ3n) is 4.47. The van der Waals surface area contributed by atoms with Crippen molar-refractivity contribution in [2.24, 2.45) is 4.99 Å². The van der Waals surface area contributed by atoms with Gasteiger partial charge in [0.05, 0.1) is 5.56 Å². The standard InChI is InChI=1S/C22H23F3N6O.HI/c1-26-21(27-13-16-5-2-7-18(11-16)22(23,24)25)28-14-17-6-3-8-19(12-17)30-20(32)15-31-10-4-9-29-31;/h2-12H,13-15H2,1H3,(H,30,32)(H2,26,27,28);1H. The lowest BCUT2D eigenvalue weighted by atomic mass is 10.1. The van der Waals surface area contributed by atoms with Crippen molar-refractivity contribution >= 4 is 41.5 Å². The Labute approximate surface area is 206 Å². The molecule has 0 atom stereocenters. The number of aromatic nitrogens is 2. The molecular weight excluding hydrogens is 548 g/mol. The Balaban J connectivity index is 0.00000385. The van der Waals surface area contributed by atoms with Crippen LogP contribution in [0.2, 0.25) is 0 Å². The normalized spacial score (nSPS) is 11.5. The van der Waals surface area contributed by atoms with Crippen molar-refractivity contribution in [2.75, 3.05) is 12.4 Å². The van der Waals surface area contributed by atoms with Crippen LogP contribution in [0.5, 0.6) is 0 Å². The molecule has 0 radical (unpaired) electrons. The molecule has 2 aromatic carbocycles. The highest BCUT2D eigenvalue weighted by molar-refractivity contribution is 14.0. The summed E-state index contributed by atoms with van der Waals surface area (Å²) in [6.07, 6.45) is -1.07. The Hall–Kier alpha value is -3.09. The van der Waals surface area contributed by atoms with Gasteiger partial charge in [-0.2, -0.15) is 18.3 Å². The fraction of sp³-hybridized carbons (Fsp3) is 0.227. The maximum atomic E-state index is 12.9. The summed E-state index contributed by atoms with van der Waals surface area (Å²) in [6.45, 7) is 0.708. The Kier molecular flexibility index (Phi) is 9.70. The molecule has 0 aliphatic rings. The molecule has 0 bridgehead atoms. The molecule has 3 aromatic rings. The van der Waals surface area contributed by atoms with Gasteiger partial charge in [-0.3, -0.25) is 14.5 Å². The minimum atomic E-state index is -4.38. The number of alkyl halides is 3. The molecule has 1 aromatic heterocycles. The van der Waals surface area contributed by atoms with Crippen molar-refractivity contribution in [3.63, 3.8) is 0 Å². The summed E-state index contributed by atoms with van der Waals surface area (Å²) in [5.74, 6) is 0.243. The van der Waals surface area contributed by atoms with Crippen molar-refractivity contribution < 1.29 is 18.0 Å². The molecule has 0 aliphatic carbocycles. The number of amides is 1. The number of hydrogen-bond donors (Lipinski definition) is 3. The third-order valence-corrected chi connectivity index (χ3v) is 4.47. The Morgan fingerprint density at radius 1 is 1.03 bits per heavy atom. The fourth-order valence-electron chi connectivity index (χ4n) is 2.95. The van der Waals surface area contributed by atoms with Gasteiger partial charge < -0.3 is 16.0 Å². The van der Waals surface area contributed by atoms with Crippen molar-refractivity contribution in [3.05, 3.63) is 83.7 Å². The molecule has 1 heterocycles. The first-order chi connectivity index (χ1) is 15.3. The molecule has 3 rings (SSSR count). The number of carbonyl (C=O) groups excluding carboxylic acids is 1. The van der Waals surface area contributed by atoms with Gasteiger partial charge in [0.1, 0.15) is 6.54 Å². The predicted molar refractivity (Wildman–Crippen MR) is 131 cm³/mol. The van der Waals surface area contributed by atoms with Crippen LogP contribution in [0.3, 0.4) is 0 Å². The van der Waals surface area contributed by atoms with E-state index in [1.54, 1.807) is 37.6 Å². The lowest BCUT2D eigenvalue weighted by Gasteiger charge is -2.14. The van der Waals surface area contributed by atoms with Crippen molar-refractivity contribution in [2.45, 2.75) is 25.8 Å². The first-order valence-electron chi connectivity index (χ1n) is 9.80. The van der Waals surface area contributed by atoms with Gasteiger partial charge in [0.2, 0.25) is 5.91 Å². The van der Waals surface area contributed by atoms with Gasteiger partial charge in [0.25, 0.3) is 0 Å². The zero-order valence-electron chi connectivity index (χ0n) is 17.8. The average molecular weight is 572 g/mol. The fourth-order valence-corrected chi connectivity index (χ4v) is 2.95. The molecule has 0 saturated heterocycles. The van der Waals surface area contributed by atoms with Crippen molar-refractivity contribution in [1.29, 1.82) is 0 Å². The molecule has 1 amide bonds. The van der Waals surface area contributed by atoms with E-state index in [0.717, 1.165) is 17.7 Å². The van der Waals surface area contributed by atoms with Gasteiger partial charge in [-0.15, -0.1) is 24.0 Å². The number of nitrogens with one attached hydrogen (secondary N) is 3. The zero-order valence-corrected chi connectivity index (χ0v) is 20.1. The third kappa shape index (κ3) is 8.40. The van der Waals surface area contributed by atoms with Crippen LogP contribution in [0.4, 0.5) is 18.9 Å². The Morgan fingerprint density at radius 2 is 1.70 bits per heavy atom. The van der Waals surface area contributed by atoms with Crippen molar-refractivity contribution in [1.82, 2.24) is 20.4 Å². The van der Waals surface area contributed by atoms with Crippen LogP contribution in [-0.2, 0) is 30.6 Å². The van der Waals surface area contributed by atoms with E-state index in [4.69, 9.17) is 0 Å². The van der Waals surface area contributed by atoms with Gasteiger partial charge in [0.15, 0.2) is 5.96 Å². The first-order valence-corrected chi connectivity index (χ1v) is 9.80. The van der Waals surface area contributed by atoms with Crippen LogP contribution in [0.25, 0.3) is 0 Å². The Bertz CT molecular complexity index is 1070. The van der Waals surface area contributed by atoms with Crippen molar-refractivity contribution in [3.8, 4) is 0 Å². The van der Waals surface area contributed by atoms with Crippen LogP contribution in [0.1, 0.15) is 16.7 Å². The number of hydrogen-bond acceptors (Lipinski definition) is 3. The number of anilines is 1. The van der Waals surface area contributed by atoms with Gasteiger partial charge in [-0.05, 0) is 41.5 Å². The van der Waals surface area contributed by atoms with E-state index in [1.807, 2.05) is 18.2 Å². The summed E-state index contributed by atoms with van der Waals surface area (Å²) < 4.78 is 40.1. The second-order valence-electron chi connectivity index (χ2n) is 6.93. The summed E-state index contributed by atoms with van der Waals surface area (Å²) >= 11 is 0. The average Bonchev–Trinajstić information content (AvgIpc) is 3.26. The largest absolute Gasteiger partial charge is 0.416 e. The summed E-state index contributed by atoms with van der Waals surface area (Å²) in [5, 5.41) is 12.9. The van der Waals surface area contributed by atoms with Crippen LogP contribution in [0.15, 0.2) is 72.0 Å². The highest BCUT2D eigenvalue weighted by Crippen LogP contribution is 2.29. The number of benzene rings is 2. The molecule has 0 saturated carbocycles. The number of carbonyl (C=O) groups is 1. The summed E-state index contributed by atoms with van der Waals surface area (Å²) in [4.78, 5) is 16.2. The van der Waals surface area contributed by atoms with E-state index in [9.17, 15) is 18.0 Å². The number of rotatable bonds is 7. The highest BCUT2D eigenvalue weighted by atomic mass is 127. The van der Waals surface area contributed by atoms with E-state index in [1.165, 1.54) is 10.7 Å². The number of halogens is 4. The minimum Gasteiger partial charge on any atom is -0.352 e. The molecule has 11 heteroatoms. The highest BCUT2D eigenvalue weighted by Gasteiger charge is 2.30. The first kappa shape index (κ1) is 26.2. The summed E-state index contributed by atoms with van der Waals surface area (Å²) in [6, 6.07) is 14.2. The monoisotopic (exact) mass is 572 g/mol. The summed E-state index contributed by atoms with van der Waals surface area (Å²) in [5.41, 5.74) is 1.34. The second-order valence-corrected chi connectivity index (χ2v) is 6.93. The second kappa shape index (κ2) is 12.2. The minimum absolute atomic E-state index is 0. The van der Waals surface area contributed by atoms with E-state index < -0.39 is 11.7 Å². The molecule has 0 aliphatic heterocycles. The molecular formula is C22H24F3IN6O. The molecule has 33 heavy (non-hydrogen) atoms. The SMILES string of the molecule is CN=C(NCc1cccc(NC(=O)Cn2cccn2)c1)NCc1cccc(C(F)(F)F)c1.I. The van der Waals surface area contributed by atoms with E-state index in [-0.39, 0.29) is 43.0 Å². The molecule has 0 spiro atoms. The van der Waals surface area contributed by atoms with Gasteiger partial charge in [-0.25, -0.2) is 0 Å². The van der Waals surface area contributed by atoms with Crippen LogP contribution >= 0.6 is 24.0 Å². The molecule has 3 N–H and O–H groups in total. The topological polar surface area (TPSA) is 83.3 Å². The van der Waals surface area contributed by atoms with Gasteiger partial charge in [-0.1, -0.05) is 24.3 Å². The molecule has 0 fully saturated rings. The lowest BCUT2D eigenvalue weighted by Crippen LogP contribution is -2.36.